The average Bonchev–Trinajstić information content (AvgIpc) is 2.73. The van der Waals surface area contributed by atoms with Crippen LogP contribution in [-0.4, -0.2) is 29.0 Å². The number of rotatable bonds is 8. The molecule has 1 rings (SSSR count). The van der Waals surface area contributed by atoms with Crippen LogP contribution in [0.25, 0.3) is 0 Å². The van der Waals surface area contributed by atoms with E-state index in [1.807, 2.05) is 0 Å². The Morgan fingerprint density at radius 2 is 2.18 bits per heavy atom. The van der Waals surface area contributed by atoms with Crippen LogP contribution < -0.4 is 5.32 Å². The molecule has 1 N–H and O–H groups in total. The fraction of sp³-hybridized carbons (Fsp3) is 0.769. The van der Waals surface area contributed by atoms with Gasteiger partial charge in [-0.05, 0) is 33.4 Å². The van der Waals surface area contributed by atoms with Gasteiger partial charge in [0.2, 0.25) is 0 Å². The van der Waals surface area contributed by atoms with E-state index in [1.165, 1.54) is 17.1 Å². The highest BCUT2D eigenvalue weighted by Crippen LogP contribution is 2.13. The fourth-order valence-electron chi connectivity index (χ4n) is 1.75. The fourth-order valence-corrected chi connectivity index (χ4v) is 2.50. The summed E-state index contributed by atoms with van der Waals surface area (Å²) in [5, 5.41) is 6.70. The Bertz CT molecular complexity index is 309. The standard InChI is InChI=1S/C13H25N3S/c1-5-7-16(11(3)4)9-12-10-17-13(15-12)8-14-6-2/h10-11,14H,5-9H2,1-4H3. The summed E-state index contributed by atoms with van der Waals surface area (Å²) in [7, 11) is 0. The first-order valence-corrected chi connectivity index (χ1v) is 7.43. The lowest BCUT2D eigenvalue weighted by Gasteiger charge is -2.24. The van der Waals surface area contributed by atoms with Crippen molar-refractivity contribution in [1.82, 2.24) is 15.2 Å². The normalized spacial score (nSPS) is 11.6. The van der Waals surface area contributed by atoms with Gasteiger partial charge in [0.05, 0.1) is 5.69 Å². The molecule has 17 heavy (non-hydrogen) atoms. The van der Waals surface area contributed by atoms with Gasteiger partial charge in [0.25, 0.3) is 0 Å². The summed E-state index contributed by atoms with van der Waals surface area (Å²) in [4.78, 5) is 7.14. The summed E-state index contributed by atoms with van der Waals surface area (Å²) in [6.07, 6.45) is 1.20. The molecule has 98 valence electrons. The van der Waals surface area contributed by atoms with Gasteiger partial charge in [-0.1, -0.05) is 13.8 Å². The lowest BCUT2D eigenvalue weighted by atomic mass is 10.2. The zero-order chi connectivity index (χ0) is 12.7. The maximum absolute atomic E-state index is 4.67. The summed E-state index contributed by atoms with van der Waals surface area (Å²) in [6.45, 7) is 12.9. The Kier molecular flexibility index (Phi) is 6.70. The van der Waals surface area contributed by atoms with Gasteiger partial charge in [-0.2, -0.15) is 0 Å². The molecule has 3 nitrogen and oxygen atoms in total. The Morgan fingerprint density at radius 1 is 1.41 bits per heavy atom. The highest BCUT2D eigenvalue weighted by Gasteiger charge is 2.11. The van der Waals surface area contributed by atoms with Gasteiger partial charge in [-0.15, -0.1) is 11.3 Å². The zero-order valence-electron chi connectivity index (χ0n) is 11.5. The van der Waals surface area contributed by atoms with Crippen molar-refractivity contribution in [3.05, 3.63) is 16.1 Å². The molecule has 0 radical (unpaired) electrons. The topological polar surface area (TPSA) is 28.2 Å². The van der Waals surface area contributed by atoms with Crippen molar-refractivity contribution < 1.29 is 0 Å². The van der Waals surface area contributed by atoms with Crippen LogP contribution in [0.1, 0.15) is 44.8 Å². The van der Waals surface area contributed by atoms with Crippen molar-refractivity contribution in [3.63, 3.8) is 0 Å². The molecule has 0 amide bonds. The molecule has 1 aromatic rings. The average molecular weight is 255 g/mol. The third-order valence-electron chi connectivity index (χ3n) is 2.73. The van der Waals surface area contributed by atoms with E-state index >= 15 is 0 Å². The molecule has 0 aliphatic carbocycles. The molecule has 0 fully saturated rings. The molecular formula is C13H25N3S. The van der Waals surface area contributed by atoms with Crippen LogP contribution in [0.3, 0.4) is 0 Å². The van der Waals surface area contributed by atoms with Crippen molar-refractivity contribution in [2.24, 2.45) is 0 Å². The minimum absolute atomic E-state index is 0.592. The largest absolute Gasteiger partial charge is 0.311 e. The first-order valence-electron chi connectivity index (χ1n) is 6.55. The summed E-state index contributed by atoms with van der Waals surface area (Å²) >= 11 is 1.76. The SMILES string of the molecule is CCCN(Cc1csc(CNCC)n1)C(C)C. The minimum Gasteiger partial charge on any atom is -0.311 e. The lowest BCUT2D eigenvalue weighted by molar-refractivity contribution is 0.211. The lowest BCUT2D eigenvalue weighted by Crippen LogP contribution is -2.31. The molecular weight excluding hydrogens is 230 g/mol. The first-order chi connectivity index (χ1) is 8.17. The van der Waals surface area contributed by atoms with Gasteiger partial charge in [-0.25, -0.2) is 4.98 Å². The highest BCUT2D eigenvalue weighted by atomic mass is 32.1. The zero-order valence-corrected chi connectivity index (χ0v) is 12.3. The van der Waals surface area contributed by atoms with Crippen LogP contribution in [0.2, 0.25) is 0 Å². The second-order valence-electron chi connectivity index (χ2n) is 4.58. The van der Waals surface area contributed by atoms with Crippen LogP contribution in [0.5, 0.6) is 0 Å². The van der Waals surface area contributed by atoms with Crippen LogP contribution in [0.15, 0.2) is 5.38 Å². The molecule has 0 aromatic carbocycles. The van der Waals surface area contributed by atoms with Crippen LogP contribution >= 0.6 is 11.3 Å². The second-order valence-corrected chi connectivity index (χ2v) is 5.52. The number of hydrogen-bond acceptors (Lipinski definition) is 4. The third-order valence-corrected chi connectivity index (χ3v) is 3.63. The van der Waals surface area contributed by atoms with Gasteiger partial charge in [0.15, 0.2) is 0 Å². The second kappa shape index (κ2) is 7.80. The summed E-state index contributed by atoms with van der Waals surface area (Å²) in [5.41, 5.74) is 1.21. The molecule has 0 saturated heterocycles. The van der Waals surface area contributed by atoms with Crippen LogP contribution in [0.4, 0.5) is 0 Å². The van der Waals surface area contributed by atoms with E-state index < -0.39 is 0 Å². The van der Waals surface area contributed by atoms with E-state index in [0.717, 1.165) is 26.2 Å². The monoisotopic (exact) mass is 255 g/mol. The molecule has 0 unspecified atom stereocenters. The Balaban J connectivity index is 2.51. The number of thiazole rings is 1. The van der Waals surface area contributed by atoms with Gasteiger partial charge in [-0.3, -0.25) is 4.90 Å². The van der Waals surface area contributed by atoms with Crippen molar-refractivity contribution in [3.8, 4) is 0 Å². The van der Waals surface area contributed by atoms with Gasteiger partial charge in [0.1, 0.15) is 5.01 Å². The molecule has 0 bridgehead atoms. The molecule has 4 heteroatoms. The quantitative estimate of drug-likeness (QED) is 0.774. The van der Waals surface area contributed by atoms with E-state index in [1.54, 1.807) is 11.3 Å². The molecule has 1 heterocycles. The predicted octanol–water partition coefficient (Wildman–Crippen LogP) is 2.87. The smallest absolute Gasteiger partial charge is 0.107 e. The maximum atomic E-state index is 4.67. The van der Waals surface area contributed by atoms with Crippen molar-refractivity contribution in [2.75, 3.05) is 13.1 Å². The maximum Gasteiger partial charge on any atom is 0.107 e. The predicted molar refractivity (Wildman–Crippen MR) is 75.3 cm³/mol. The summed E-state index contributed by atoms with van der Waals surface area (Å²) in [5.74, 6) is 0. The Labute approximate surface area is 109 Å². The van der Waals surface area contributed by atoms with Crippen molar-refractivity contribution in [2.45, 2.75) is 53.2 Å². The summed E-state index contributed by atoms with van der Waals surface area (Å²) in [6, 6.07) is 0.592. The number of nitrogens with one attached hydrogen (secondary N) is 1. The van der Waals surface area contributed by atoms with E-state index in [-0.39, 0.29) is 0 Å². The van der Waals surface area contributed by atoms with Crippen molar-refractivity contribution in [1.29, 1.82) is 0 Å². The van der Waals surface area contributed by atoms with Gasteiger partial charge >= 0.3 is 0 Å². The number of hydrogen-bond donors (Lipinski definition) is 1. The summed E-state index contributed by atoms with van der Waals surface area (Å²) < 4.78 is 0. The van der Waals surface area contributed by atoms with E-state index in [0.29, 0.717) is 6.04 Å². The van der Waals surface area contributed by atoms with Crippen molar-refractivity contribution >= 4 is 11.3 Å². The highest BCUT2D eigenvalue weighted by molar-refractivity contribution is 7.09. The van der Waals surface area contributed by atoms with E-state index in [4.69, 9.17) is 0 Å². The van der Waals surface area contributed by atoms with E-state index in [9.17, 15) is 0 Å². The molecule has 0 aliphatic rings. The Morgan fingerprint density at radius 3 is 2.76 bits per heavy atom. The van der Waals surface area contributed by atoms with Gasteiger partial charge < -0.3 is 5.32 Å². The molecule has 0 spiro atoms. The molecule has 0 atom stereocenters. The van der Waals surface area contributed by atoms with Crippen LogP contribution in [-0.2, 0) is 13.1 Å². The molecule has 0 aliphatic heterocycles. The number of aromatic nitrogens is 1. The number of nitrogens with zero attached hydrogens (tertiary/aromatic N) is 2. The van der Waals surface area contributed by atoms with E-state index in [2.05, 4.69) is 48.3 Å². The van der Waals surface area contributed by atoms with Crippen LogP contribution in [0, 0.1) is 0 Å². The molecule has 0 saturated carbocycles. The minimum atomic E-state index is 0.592. The molecule has 1 aromatic heterocycles. The van der Waals surface area contributed by atoms with Gasteiger partial charge in [0, 0.05) is 24.5 Å². The third kappa shape index (κ3) is 5.15. The Hall–Kier alpha value is -0.450. The first kappa shape index (κ1) is 14.6.